The minimum atomic E-state index is -1.71. The molecule has 1 aliphatic rings. The first-order chi connectivity index (χ1) is 25.1. The number of ketones is 1. The van der Waals surface area contributed by atoms with Gasteiger partial charge in [0.1, 0.15) is 35.5 Å². The molecule has 1 aliphatic heterocycles. The first-order valence-electron chi connectivity index (χ1n) is 16.0. The van der Waals surface area contributed by atoms with Crippen LogP contribution in [0.5, 0.6) is 17.2 Å². The molecule has 0 spiro atoms. The number of nitro groups is 1. The summed E-state index contributed by atoms with van der Waals surface area (Å²) in [5.41, 5.74) is 0.141. The maximum Gasteiger partial charge on any atom is 0.343 e. The standard InChI is InChI=1S/C36H35NO16/c1-19(38)47-18-30-32(48-20(2)39)33(49-21(3)40)34(50-22(4)41)36(53-30)51-26-16-28(43)31(29(17-26)52-35(44)24-8-6-5-7-9-24)27(42)15-12-23-10-13-25(14-11-23)37(45)46/h5-11,13-14,16-17,30,32-34,36,43H,12,15,18H2,1-4H3/t30-,32-,33+,34-,36+/m1/s1. The van der Waals surface area contributed by atoms with Crippen molar-refractivity contribution in [3.05, 3.63) is 93.5 Å². The van der Waals surface area contributed by atoms with Crippen molar-refractivity contribution in [2.45, 2.75) is 71.2 Å². The van der Waals surface area contributed by atoms with E-state index in [0.717, 1.165) is 39.8 Å². The minimum Gasteiger partial charge on any atom is -0.507 e. The van der Waals surface area contributed by atoms with Crippen molar-refractivity contribution in [3.8, 4) is 17.2 Å². The molecule has 4 rings (SSSR count). The predicted octanol–water partition coefficient (Wildman–Crippen LogP) is 3.80. The lowest BCUT2D eigenvalue weighted by molar-refractivity contribution is -0.384. The molecule has 0 aromatic heterocycles. The summed E-state index contributed by atoms with van der Waals surface area (Å²) in [7, 11) is 0. The third-order valence-electron chi connectivity index (χ3n) is 7.53. The van der Waals surface area contributed by atoms with Gasteiger partial charge in [-0.3, -0.25) is 34.1 Å². The number of nitro benzene ring substituents is 1. The van der Waals surface area contributed by atoms with Crippen molar-refractivity contribution in [3.63, 3.8) is 0 Å². The number of phenols is 1. The quantitative estimate of drug-likeness (QED) is 0.0619. The Hall–Kier alpha value is -6.36. The minimum absolute atomic E-state index is 0.0992. The summed E-state index contributed by atoms with van der Waals surface area (Å²) in [5, 5.41) is 22.2. The van der Waals surface area contributed by atoms with Crippen molar-refractivity contribution < 1.29 is 72.0 Å². The second-order valence-corrected chi connectivity index (χ2v) is 11.6. The summed E-state index contributed by atoms with van der Waals surface area (Å²) in [6.45, 7) is 3.72. The van der Waals surface area contributed by atoms with Crippen LogP contribution in [0.3, 0.4) is 0 Å². The molecule has 0 amide bonds. The third-order valence-corrected chi connectivity index (χ3v) is 7.53. The number of benzene rings is 3. The molecule has 17 heteroatoms. The molecule has 1 fully saturated rings. The molecular formula is C36H35NO16. The van der Waals surface area contributed by atoms with E-state index in [1.807, 2.05) is 0 Å². The van der Waals surface area contributed by atoms with Gasteiger partial charge in [-0.1, -0.05) is 30.3 Å². The largest absolute Gasteiger partial charge is 0.507 e. The molecule has 1 N–H and O–H groups in total. The number of aromatic hydroxyl groups is 1. The van der Waals surface area contributed by atoms with E-state index in [0.29, 0.717) is 5.56 Å². The summed E-state index contributed by atoms with van der Waals surface area (Å²) in [6, 6.07) is 15.3. The van der Waals surface area contributed by atoms with Crippen LogP contribution in [0.1, 0.15) is 60.4 Å². The number of carbonyl (C=O) groups excluding carboxylic acids is 6. The first kappa shape index (κ1) is 39.4. The molecule has 0 unspecified atom stereocenters. The maximum absolute atomic E-state index is 13.6. The Morgan fingerprint density at radius 3 is 1.98 bits per heavy atom. The fourth-order valence-corrected chi connectivity index (χ4v) is 5.32. The molecule has 53 heavy (non-hydrogen) atoms. The molecule has 0 bridgehead atoms. The second kappa shape index (κ2) is 17.7. The number of hydrogen-bond acceptors (Lipinski definition) is 16. The van der Waals surface area contributed by atoms with Crippen molar-refractivity contribution in [1.29, 1.82) is 0 Å². The fourth-order valence-electron chi connectivity index (χ4n) is 5.32. The lowest BCUT2D eigenvalue weighted by Crippen LogP contribution is -2.63. The highest BCUT2D eigenvalue weighted by atomic mass is 16.7. The number of Topliss-reactive ketones (excluding diaryl/α,β-unsaturated/α-hetero) is 1. The number of phenolic OH excluding ortho intramolecular Hbond substituents is 1. The molecule has 0 aliphatic carbocycles. The highest BCUT2D eigenvalue weighted by Gasteiger charge is 2.53. The van der Waals surface area contributed by atoms with Gasteiger partial charge < -0.3 is 38.3 Å². The molecule has 0 radical (unpaired) electrons. The second-order valence-electron chi connectivity index (χ2n) is 11.6. The van der Waals surface area contributed by atoms with Gasteiger partial charge in [0.2, 0.25) is 12.4 Å². The topological polar surface area (TPSA) is 230 Å². The van der Waals surface area contributed by atoms with E-state index < -0.39 is 94.9 Å². The van der Waals surface area contributed by atoms with Crippen LogP contribution in [0.25, 0.3) is 0 Å². The van der Waals surface area contributed by atoms with Gasteiger partial charge in [0.15, 0.2) is 18.0 Å². The number of non-ortho nitro benzene ring substituents is 1. The number of aryl methyl sites for hydroxylation is 1. The summed E-state index contributed by atoms with van der Waals surface area (Å²) in [5.74, 6) is -6.35. The zero-order chi connectivity index (χ0) is 38.8. The van der Waals surface area contributed by atoms with Crippen LogP contribution in [0.15, 0.2) is 66.7 Å². The molecule has 17 nitrogen and oxygen atoms in total. The molecule has 3 aromatic rings. The molecule has 280 valence electrons. The molecular weight excluding hydrogens is 702 g/mol. The number of ether oxygens (including phenoxy) is 7. The molecule has 3 aromatic carbocycles. The molecule has 5 atom stereocenters. The van der Waals surface area contributed by atoms with Gasteiger partial charge in [-0.05, 0) is 24.1 Å². The van der Waals surface area contributed by atoms with Gasteiger partial charge in [-0.25, -0.2) is 4.79 Å². The van der Waals surface area contributed by atoms with E-state index in [2.05, 4.69) is 0 Å². The lowest BCUT2D eigenvalue weighted by Gasteiger charge is -2.43. The van der Waals surface area contributed by atoms with Gasteiger partial charge in [0.25, 0.3) is 5.69 Å². The Labute approximate surface area is 301 Å². The van der Waals surface area contributed by atoms with Crippen LogP contribution in [0.2, 0.25) is 0 Å². The fraction of sp³-hybridized carbons (Fsp3) is 0.333. The average molecular weight is 738 g/mol. The Balaban J connectivity index is 1.73. The van der Waals surface area contributed by atoms with E-state index in [9.17, 15) is 44.0 Å². The summed E-state index contributed by atoms with van der Waals surface area (Å²) in [6.07, 6.45) is -7.85. The summed E-state index contributed by atoms with van der Waals surface area (Å²) >= 11 is 0. The number of esters is 5. The van der Waals surface area contributed by atoms with Gasteiger partial charge in [0, 0.05) is 58.4 Å². The van der Waals surface area contributed by atoms with Crippen molar-refractivity contribution in [2.24, 2.45) is 0 Å². The number of rotatable bonds is 14. The van der Waals surface area contributed by atoms with E-state index in [1.165, 1.54) is 36.4 Å². The lowest BCUT2D eigenvalue weighted by atomic mass is 9.98. The highest BCUT2D eigenvalue weighted by molar-refractivity contribution is 6.03. The predicted molar refractivity (Wildman–Crippen MR) is 178 cm³/mol. The number of nitrogens with zero attached hydrogens (tertiary/aromatic N) is 1. The normalized spacial score (nSPS) is 19.2. The Morgan fingerprint density at radius 1 is 0.792 bits per heavy atom. The van der Waals surface area contributed by atoms with Crippen LogP contribution in [0.4, 0.5) is 5.69 Å². The van der Waals surface area contributed by atoms with Gasteiger partial charge in [0.05, 0.1) is 10.5 Å². The number of carbonyl (C=O) groups is 6. The zero-order valence-corrected chi connectivity index (χ0v) is 28.9. The van der Waals surface area contributed by atoms with Gasteiger partial charge in [-0.15, -0.1) is 0 Å². The summed E-state index contributed by atoms with van der Waals surface area (Å²) < 4.78 is 38.8. The average Bonchev–Trinajstić information content (AvgIpc) is 3.08. The Kier molecular flexibility index (Phi) is 13.2. The Morgan fingerprint density at radius 2 is 1.40 bits per heavy atom. The van der Waals surface area contributed by atoms with Crippen LogP contribution in [0, 0.1) is 10.1 Å². The molecule has 1 heterocycles. The number of hydrogen-bond donors (Lipinski definition) is 1. The van der Waals surface area contributed by atoms with E-state index >= 15 is 0 Å². The zero-order valence-electron chi connectivity index (χ0n) is 28.9. The van der Waals surface area contributed by atoms with Crippen LogP contribution >= 0.6 is 0 Å². The van der Waals surface area contributed by atoms with Crippen molar-refractivity contribution >= 4 is 41.3 Å². The van der Waals surface area contributed by atoms with Crippen molar-refractivity contribution in [1.82, 2.24) is 0 Å². The Bertz CT molecular complexity index is 1860. The monoisotopic (exact) mass is 737 g/mol. The van der Waals surface area contributed by atoms with E-state index in [4.69, 9.17) is 33.2 Å². The van der Waals surface area contributed by atoms with Crippen molar-refractivity contribution in [2.75, 3.05) is 6.61 Å². The van der Waals surface area contributed by atoms with Gasteiger partial charge >= 0.3 is 29.8 Å². The van der Waals surface area contributed by atoms with Crippen LogP contribution < -0.4 is 9.47 Å². The van der Waals surface area contributed by atoms with Crippen LogP contribution in [-0.4, -0.2) is 83.0 Å². The maximum atomic E-state index is 13.6. The molecule has 1 saturated heterocycles. The van der Waals surface area contributed by atoms with E-state index in [-0.39, 0.29) is 29.8 Å². The third kappa shape index (κ3) is 10.8. The highest BCUT2D eigenvalue weighted by Crippen LogP contribution is 2.38. The van der Waals surface area contributed by atoms with E-state index in [1.54, 1.807) is 18.2 Å². The van der Waals surface area contributed by atoms with Crippen LogP contribution in [-0.2, 0) is 49.3 Å². The SMILES string of the molecule is CC(=O)OC[C@H]1O[C@H](Oc2cc(O)c(C(=O)CCc3ccc([N+](=O)[O-])cc3)c(OC(=O)c3ccccc3)c2)[C@H](OC(C)=O)[C@@H](OC(C)=O)[C@@H]1OC(C)=O. The van der Waals surface area contributed by atoms with Gasteiger partial charge in [-0.2, -0.15) is 0 Å². The molecule has 0 saturated carbocycles. The smallest absolute Gasteiger partial charge is 0.343 e. The first-order valence-corrected chi connectivity index (χ1v) is 16.0. The summed E-state index contributed by atoms with van der Waals surface area (Å²) in [4.78, 5) is 85.3.